The highest BCUT2D eigenvalue weighted by molar-refractivity contribution is 9.09. The number of oxime groups is 1. The summed E-state index contributed by atoms with van der Waals surface area (Å²) in [4.78, 5) is 5.26. The van der Waals surface area contributed by atoms with Gasteiger partial charge >= 0.3 is 0 Å². The number of hydrogen-bond donors (Lipinski definition) is 0. The molecule has 1 aromatic rings. The van der Waals surface area contributed by atoms with Crippen LogP contribution in [0.3, 0.4) is 0 Å². The van der Waals surface area contributed by atoms with Crippen LogP contribution in [-0.4, -0.2) is 11.5 Å². The molecule has 0 aliphatic carbocycles. The predicted molar refractivity (Wildman–Crippen MR) is 85.7 cm³/mol. The minimum absolute atomic E-state index is 0.537. The Hall–Kier alpha value is -1.09. The number of benzene rings is 1. The van der Waals surface area contributed by atoms with Crippen molar-refractivity contribution in [1.29, 1.82) is 0 Å². The van der Waals surface area contributed by atoms with Gasteiger partial charge in [-0.3, -0.25) is 0 Å². The van der Waals surface area contributed by atoms with E-state index in [1.165, 1.54) is 6.42 Å². The lowest BCUT2D eigenvalue weighted by Crippen LogP contribution is -2.01. The Balaban J connectivity index is 2.11. The standard InChI is InChI=1S/C16H22BrNO/c1-2-3-8-15(13-17)11-7-12-18-19-14-16-9-5-4-6-10-16/h2,4-6,9-10,12,15H,1,3,7-8,11,13-14H2/b18-12+. The highest BCUT2D eigenvalue weighted by Gasteiger charge is 2.04. The molecule has 0 aromatic heterocycles. The van der Waals surface area contributed by atoms with Crippen molar-refractivity contribution in [2.75, 3.05) is 5.33 Å². The van der Waals surface area contributed by atoms with Crippen LogP contribution in [0.2, 0.25) is 0 Å². The largest absolute Gasteiger partial charge is 0.391 e. The first-order valence-corrected chi connectivity index (χ1v) is 7.83. The summed E-state index contributed by atoms with van der Waals surface area (Å²) in [6.45, 7) is 4.29. The number of rotatable bonds is 10. The van der Waals surface area contributed by atoms with Crippen LogP contribution in [0, 0.1) is 5.92 Å². The first-order chi connectivity index (χ1) is 9.36. The SMILES string of the molecule is C=CCCC(CBr)CC/C=N/OCc1ccccc1. The zero-order valence-electron chi connectivity index (χ0n) is 11.3. The smallest absolute Gasteiger partial charge is 0.142 e. The lowest BCUT2D eigenvalue weighted by Gasteiger charge is -2.10. The maximum absolute atomic E-state index is 5.26. The van der Waals surface area contributed by atoms with E-state index in [0.717, 1.165) is 30.2 Å². The van der Waals surface area contributed by atoms with Gasteiger partial charge in [-0.2, -0.15) is 0 Å². The highest BCUT2D eigenvalue weighted by atomic mass is 79.9. The van der Waals surface area contributed by atoms with Crippen molar-refractivity contribution >= 4 is 22.1 Å². The first kappa shape index (κ1) is 16.0. The summed E-state index contributed by atoms with van der Waals surface area (Å²) < 4.78 is 0. The van der Waals surface area contributed by atoms with Crippen LogP contribution in [0.15, 0.2) is 48.1 Å². The lowest BCUT2D eigenvalue weighted by molar-refractivity contribution is 0.131. The van der Waals surface area contributed by atoms with Crippen molar-refractivity contribution in [3.05, 3.63) is 48.6 Å². The van der Waals surface area contributed by atoms with Gasteiger partial charge in [-0.15, -0.1) is 6.58 Å². The maximum atomic E-state index is 5.26. The summed E-state index contributed by atoms with van der Waals surface area (Å²) in [7, 11) is 0. The second-order valence-corrected chi connectivity index (χ2v) is 5.16. The number of halogens is 1. The first-order valence-electron chi connectivity index (χ1n) is 6.71. The Morgan fingerprint density at radius 3 is 2.63 bits per heavy atom. The Morgan fingerprint density at radius 1 is 1.21 bits per heavy atom. The van der Waals surface area contributed by atoms with E-state index >= 15 is 0 Å². The van der Waals surface area contributed by atoms with Crippen molar-refractivity contribution in [3.8, 4) is 0 Å². The van der Waals surface area contributed by atoms with E-state index in [1.807, 2.05) is 42.6 Å². The average Bonchev–Trinajstić information content (AvgIpc) is 2.47. The van der Waals surface area contributed by atoms with Crippen molar-refractivity contribution in [1.82, 2.24) is 0 Å². The van der Waals surface area contributed by atoms with E-state index in [9.17, 15) is 0 Å². The zero-order valence-corrected chi connectivity index (χ0v) is 12.9. The van der Waals surface area contributed by atoms with Crippen LogP contribution in [0.25, 0.3) is 0 Å². The summed E-state index contributed by atoms with van der Waals surface area (Å²) in [6, 6.07) is 10.1. The molecule has 0 bridgehead atoms. The molecular formula is C16H22BrNO. The number of alkyl halides is 1. The van der Waals surface area contributed by atoms with Gasteiger partial charge in [-0.1, -0.05) is 57.5 Å². The fraction of sp³-hybridized carbons (Fsp3) is 0.438. The Morgan fingerprint density at radius 2 is 1.95 bits per heavy atom. The van der Waals surface area contributed by atoms with Crippen molar-refractivity contribution in [2.24, 2.45) is 11.1 Å². The summed E-state index contributed by atoms with van der Waals surface area (Å²) in [5, 5.41) is 5.03. The summed E-state index contributed by atoms with van der Waals surface area (Å²) in [5.41, 5.74) is 1.14. The molecule has 0 heterocycles. The third-order valence-electron chi connectivity index (χ3n) is 2.92. The summed E-state index contributed by atoms with van der Waals surface area (Å²) >= 11 is 3.55. The van der Waals surface area contributed by atoms with Crippen LogP contribution in [-0.2, 0) is 11.4 Å². The molecule has 0 fully saturated rings. The molecule has 0 spiro atoms. The fourth-order valence-electron chi connectivity index (χ4n) is 1.75. The molecule has 19 heavy (non-hydrogen) atoms. The van der Waals surface area contributed by atoms with Crippen molar-refractivity contribution in [2.45, 2.75) is 32.3 Å². The van der Waals surface area contributed by atoms with Gasteiger partial charge in [0.1, 0.15) is 6.61 Å². The molecule has 0 radical (unpaired) electrons. The molecule has 0 aliphatic rings. The van der Waals surface area contributed by atoms with Crippen LogP contribution >= 0.6 is 15.9 Å². The molecule has 1 unspecified atom stereocenters. The van der Waals surface area contributed by atoms with Gasteiger partial charge in [0.25, 0.3) is 0 Å². The van der Waals surface area contributed by atoms with Crippen molar-refractivity contribution in [3.63, 3.8) is 0 Å². The van der Waals surface area contributed by atoms with Gasteiger partial charge in [-0.05, 0) is 37.2 Å². The van der Waals surface area contributed by atoms with E-state index in [1.54, 1.807) is 0 Å². The van der Waals surface area contributed by atoms with Crippen LogP contribution in [0.1, 0.15) is 31.2 Å². The second-order valence-electron chi connectivity index (χ2n) is 4.51. The van der Waals surface area contributed by atoms with Crippen LogP contribution in [0.4, 0.5) is 0 Å². The topological polar surface area (TPSA) is 21.6 Å². The molecule has 104 valence electrons. The molecule has 1 atom stereocenters. The Bertz CT molecular complexity index is 364. The second kappa shape index (κ2) is 10.8. The minimum Gasteiger partial charge on any atom is -0.391 e. The molecule has 2 nitrogen and oxygen atoms in total. The molecule has 1 rings (SSSR count). The zero-order chi connectivity index (χ0) is 13.8. The van der Waals surface area contributed by atoms with Gasteiger partial charge in [0.15, 0.2) is 0 Å². The normalized spacial score (nSPS) is 12.5. The third kappa shape index (κ3) is 7.83. The highest BCUT2D eigenvalue weighted by Crippen LogP contribution is 2.15. The number of allylic oxidation sites excluding steroid dienone is 1. The van der Waals surface area contributed by atoms with E-state index in [0.29, 0.717) is 12.5 Å². The molecule has 1 aromatic carbocycles. The fourth-order valence-corrected chi connectivity index (χ4v) is 2.40. The third-order valence-corrected chi connectivity index (χ3v) is 3.84. The molecule has 0 saturated heterocycles. The van der Waals surface area contributed by atoms with Crippen LogP contribution < -0.4 is 0 Å². The molecule has 0 N–H and O–H groups in total. The van der Waals surface area contributed by atoms with Gasteiger partial charge in [0, 0.05) is 11.5 Å². The maximum Gasteiger partial charge on any atom is 0.142 e. The number of nitrogens with zero attached hydrogens (tertiary/aromatic N) is 1. The molecule has 0 aliphatic heterocycles. The van der Waals surface area contributed by atoms with Gasteiger partial charge in [-0.25, -0.2) is 0 Å². The Kier molecular flexibility index (Phi) is 9.07. The molecular weight excluding hydrogens is 302 g/mol. The van der Waals surface area contributed by atoms with E-state index in [2.05, 4.69) is 27.7 Å². The number of hydrogen-bond acceptors (Lipinski definition) is 2. The molecule has 3 heteroatoms. The summed E-state index contributed by atoms with van der Waals surface area (Å²) in [6.07, 6.45) is 8.21. The van der Waals surface area contributed by atoms with Crippen LogP contribution in [0.5, 0.6) is 0 Å². The van der Waals surface area contributed by atoms with E-state index < -0.39 is 0 Å². The molecule has 0 amide bonds. The lowest BCUT2D eigenvalue weighted by atomic mass is 10.0. The predicted octanol–water partition coefficient (Wildman–Crippen LogP) is 4.95. The van der Waals surface area contributed by atoms with E-state index in [4.69, 9.17) is 4.84 Å². The quantitative estimate of drug-likeness (QED) is 0.258. The van der Waals surface area contributed by atoms with Gasteiger partial charge in [0.2, 0.25) is 0 Å². The minimum atomic E-state index is 0.537. The monoisotopic (exact) mass is 323 g/mol. The summed E-state index contributed by atoms with van der Waals surface area (Å²) in [5.74, 6) is 0.693. The van der Waals surface area contributed by atoms with Gasteiger partial charge < -0.3 is 4.84 Å². The average molecular weight is 324 g/mol. The van der Waals surface area contributed by atoms with Gasteiger partial charge in [0.05, 0.1) is 0 Å². The van der Waals surface area contributed by atoms with E-state index in [-0.39, 0.29) is 0 Å². The molecule has 0 saturated carbocycles. The van der Waals surface area contributed by atoms with Crippen molar-refractivity contribution < 1.29 is 4.84 Å². The Labute approximate surface area is 124 Å².